The van der Waals surface area contributed by atoms with E-state index < -0.39 is 0 Å². The number of amides is 1. The van der Waals surface area contributed by atoms with Gasteiger partial charge in [0.2, 0.25) is 5.91 Å². The molecule has 2 aromatic heterocycles. The zero-order valence-corrected chi connectivity index (χ0v) is 13.2. The molecule has 21 heavy (non-hydrogen) atoms. The van der Waals surface area contributed by atoms with Gasteiger partial charge in [0.1, 0.15) is 0 Å². The molecule has 5 heteroatoms. The fraction of sp³-hybridized carbons (Fsp3) is 0.500. The van der Waals surface area contributed by atoms with Crippen LogP contribution in [0.4, 0.5) is 0 Å². The lowest BCUT2D eigenvalue weighted by molar-refractivity contribution is -0.135. The lowest BCUT2D eigenvalue weighted by Crippen LogP contribution is -2.43. The molecule has 0 spiro atoms. The van der Waals surface area contributed by atoms with Crippen LogP contribution < -0.4 is 0 Å². The van der Waals surface area contributed by atoms with Crippen LogP contribution in [-0.2, 0) is 23.2 Å². The normalized spacial score (nSPS) is 26.5. The Morgan fingerprint density at radius 3 is 2.95 bits per heavy atom. The highest BCUT2D eigenvalue weighted by Crippen LogP contribution is 2.66. The zero-order valence-electron chi connectivity index (χ0n) is 12.3. The Labute approximate surface area is 128 Å². The molecule has 2 aliphatic rings. The van der Waals surface area contributed by atoms with E-state index in [9.17, 15) is 4.79 Å². The summed E-state index contributed by atoms with van der Waals surface area (Å²) in [6, 6.07) is 4.17. The van der Waals surface area contributed by atoms with Crippen molar-refractivity contribution in [2.45, 2.75) is 38.6 Å². The van der Waals surface area contributed by atoms with Gasteiger partial charge in [0.25, 0.3) is 0 Å². The van der Waals surface area contributed by atoms with Crippen LogP contribution in [0, 0.1) is 5.41 Å². The third-order valence-electron chi connectivity index (χ3n) is 5.13. The fourth-order valence-corrected chi connectivity index (χ4v) is 4.79. The second-order valence-electron chi connectivity index (χ2n) is 6.79. The number of nitrogens with one attached hydrogen (secondary N) is 1. The first kappa shape index (κ1) is 13.1. The molecular formula is C16H19N3OS. The Morgan fingerprint density at radius 1 is 1.48 bits per heavy atom. The smallest absolute Gasteiger partial charge is 0.234 e. The summed E-state index contributed by atoms with van der Waals surface area (Å²) in [7, 11) is 0. The first-order valence-electron chi connectivity index (χ1n) is 7.39. The van der Waals surface area contributed by atoms with Crippen molar-refractivity contribution in [2.24, 2.45) is 5.41 Å². The summed E-state index contributed by atoms with van der Waals surface area (Å²) in [6.07, 6.45) is 3.68. The Bertz CT molecular complexity index is 688. The number of nitrogens with zero attached hydrogens (tertiary/aromatic N) is 2. The molecule has 1 aliphatic carbocycles. The quantitative estimate of drug-likeness (QED) is 0.927. The molecule has 2 aromatic rings. The highest BCUT2D eigenvalue weighted by Gasteiger charge is 2.68. The molecular weight excluding hydrogens is 282 g/mol. The van der Waals surface area contributed by atoms with E-state index in [4.69, 9.17) is 0 Å². The van der Waals surface area contributed by atoms with Gasteiger partial charge < -0.3 is 4.90 Å². The van der Waals surface area contributed by atoms with Gasteiger partial charge in [-0.3, -0.25) is 9.89 Å². The van der Waals surface area contributed by atoms with E-state index >= 15 is 0 Å². The molecule has 1 atom stereocenters. The fourth-order valence-electron chi connectivity index (χ4n) is 3.70. The Hall–Kier alpha value is -1.62. The van der Waals surface area contributed by atoms with Crippen LogP contribution >= 0.6 is 11.3 Å². The molecule has 1 N–H and O–H groups in total. The molecule has 0 aromatic carbocycles. The van der Waals surface area contributed by atoms with Crippen molar-refractivity contribution in [2.75, 3.05) is 6.54 Å². The highest BCUT2D eigenvalue weighted by atomic mass is 32.1. The molecule has 110 valence electrons. The number of rotatable bonds is 2. The topological polar surface area (TPSA) is 49.0 Å². The minimum atomic E-state index is -0.303. The number of carbonyl (C=O) groups excluding carboxylic acids is 1. The summed E-state index contributed by atoms with van der Waals surface area (Å²) in [4.78, 5) is 16.5. The number of aromatic amines is 1. The van der Waals surface area contributed by atoms with Gasteiger partial charge in [0.15, 0.2) is 0 Å². The zero-order chi connectivity index (χ0) is 14.7. The summed E-state index contributed by atoms with van der Waals surface area (Å²) in [5.74, 6) is 0.293. The Kier molecular flexibility index (Phi) is 2.61. The molecule has 1 saturated carbocycles. The van der Waals surface area contributed by atoms with E-state index in [1.165, 1.54) is 10.6 Å². The van der Waals surface area contributed by atoms with Crippen molar-refractivity contribution in [1.29, 1.82) is 0 Å². The third-order valence-corrected chi connectivity index (χ3v) is 6.16. The van der Waals surface area contributed by atoms with E-state index in [-0.39, 0.29) is 10.8 Å². The van der Waals surface area contributed by atoms with Gasteiger partial charge in [-0.15, -0.1) is 11.3 Å². The molecule has 4 rings (SSSR count). The number of hydrogen-bond donors (Lipinski definition) is 1. The van der Waals surface area contributed by atoms with Crippen molar-refractivity contribution < 1.29 is 4.79 Å². The Morgan fingerprint density at radius 2 is 2.29 bits per heavy atom. The maximum Gasteiger partial charge on any atom is 0.234 e. The van der Waals surface area contributed by atoms with Crippen LogP contribution in [0.25, 0.3) is 0 Å². The molecule has 0 unspecified atom stereocenters. The van der Waals surface area contributed by atoms with Gasteiger partial charge >= 0.3 is 0 Å². The van der Waals surface area contributed by atoms with Gasteiger partial charge in [0.05, 0.1) is 11.6 Å². The number of fused-ring (bicyclic) bond motifs is 1. The second kappa shape index (κ2) is 4.19. The van der Waals surface area contributed by atoms with Crippen LogP contribution in [0.5, 0.6) is 0 Å². The molecule has 1 amide bonds. The van der Waals surface area contributed by atoms with Crippen LogP contribution in [0.2, 0.25) is 0 Å². The van der Waals surface area contributed by atoms with Gasteiger partial charge in [-0.05, 0) is 23.3 Å². The number of H-pyrrole nitrogens is 1. The average Bonchev–Trinajstić information content (AvgIpc) is 2.93. The van der Waals surface area contributed by atoms with Crippen molar-refractivity contribution in [3.8, 4) is 0 Å². The molecule has 0 bridgehead atoms. The number of carbonyl (C=O) groups is 1. The molecule has 0 radical (unpaired) electrons. The van der Waals surface area contributed by atoms with Crippen LogP contribution in [0.3, 0.4) is 0 Å². The lowest BCUT2D eigenvalue weighted by Gasteiger charge is -2.31. The Balaban J connectivity index is 1.66. The first-order valence-corrected chi connectivity index (χ1v) is 8.27. The van der Waals surface area contributed by atoms with E-state index in [2.05, 4.69) is 35.5 Å². The minimum absolute atomic E-state index is 0.0611. The molecule has 4 nitrogen and oxygen atoms in total. The molecule has 1 aliphatic heterocycles. The lowest BCUT2D eigenvalue weighted by atomic mass is 9.91. The minimum Gasteiger partial charge on any atom is -0.337 e. The van der Waals surface area contributed by atoms with Gasteiger partial charge in [-0.2, -0.15) is 5.10 Å². The summed E-state index contributed by atoms with van der Waals surface area (Å²) in [5, 5.41) is 9.19. The van der Waals surface area contributed by atoms with Crippen molar-refractivity contribution in [3.05, 3.63) is 39.8 Å². The second-order valence-corrected chi connectivity index (χ2v) is 7.74. The maximum atomic E-state index is 13.2. The average molecular weight is 301 g/mol. The van der Waals surface area contributed by atoms with E-state index in [0.29, 0.717) is 12.5 Å². The SMILES string of the molecule is CC1(C)C[C@]1(C(=O)N1CCc2[nH]ncc2C1)c1cccs1. The number of thiophene rings is 1. The van der Waals surface area contributed by atoms with Crippen LogP contribution in [0.1, 0.15) is 36.4 Å². The standard InChI is InChI=1S/C16H19N3OS/c1-15(2)10-16(15,13-4-3-7-21-13)14(20)19-6-5-12-11(9-19)8-17-18-12/h3-4,7-8H,5-6,9-10H2,1-2H3,(H,17,18)/t16-/m1/s1. The van der Waals surface area contributed by atoms with Crippen LogP contribution in [-0.4, -0.2) is 27.5 Å². The van der Waals surface area contributed by atoms with Crippen LogP contribution in [0.15, 0.2) is 23.7 Å². The van der Waals surface area contributed by atoms with Crippen molar-refractivity contribution in [3.63, 3.8) is 0 Å². The number of hydrogen-bond acceptors (Lipinski definition) is 3. The van der Waals surface area contributed by atoms with E-state index in [1.807, 2.05) is 17.2 Å². The third kappa shape index (κ3) is 1.73. The maximum absolute atomic E-state index is 13.2. The summed E-state index contributed by atoms with van der Waals surface area (Å²) >= 11 is 1.71. The number of aromatic nitrogens is 2. The van der Waals surface area contributed by atoms with Gasteiger partial charge in [0, 0.05) is 35.6 Å². The van der Waals surface area contributed by atoms with Gasteiger partial charge in [-0.1, -0.05) is 19.9 Å². The summed E-state index contributed by atoms with van der Waals surface area (Å²) in [5.41, 5.74) is 2.10. The monoisotopic (exact) mass is 301 g/mol. The van der Waals surface area contributed by atoms with Gasteiger partial charge in [-0.25, -0.2) is 0 Å². The van der Waals surface area contributed by atoms with E-state index in [0.717, 1.165) is 24.9 Å². The molecule has 3 heterocycles. The largest absolute Gasteiger partial charge is 0.337 e. The molecule has 1 fully saturated rings. The predicted molar refractivity (Wildman–Crippen MR) is 82.1 cm³/mol. The summed E-state index contributed by atoms with van der Waals surface area (Å²) in [6.45, 7) is 5.89. The first-order chi connectivity index (χ1) is 10.0. The summed E-state index contributed by atoms with van der Waals surface area (Å²) < 4.78 is 0. The van der Waals surface area contributed by atoms with Crippen molar-refractivity contribution >= 4 is 17.2 Å². The van der Waals surface area contributed by atoms with Crippen molar-refractivity contribution in [1.82, 2.24) is 15.1 Å². The highest BCUT2D eigenvalue weighted by molar-refractivity contribution is 7.10. The molecule has 0 saturated heterocycles. The predicted octanol–water partition coefficient (Wildman–Crippen LogP) is 2.72. The van der Waals surface area contributed by atoms with E-state index in [1.54, 1.807) is 11.3 Å².